The lowest BCUT2D eigenvalue weighted by Crippen LogP contribution is -1.91. The average Bonchev–Trinajstić information content (AvgIpc) is 2.76. The summed E-state index contributed by atoms with van der Waals surface area (Å²) in [6.07, 6.45) is 2.47. The van der Waals surface area contributed by atoms with Gasteiger partial charge in [0.1, 0.15) is 5.03 Å². The zero-order chi connectivity index (χ0) is 11.4. The molecular formula is C10H12N4OS. The van der Waals surface area contributed by atoms with Gasteiger partial charge in [-0.05, 0) is 12.1 Å². The van der Waals surface area contributed by atoms with Gasteiger partial charge >= 0.3 is 0 Å². The molecule has 0 unspecified atom stereocenters. The number of aromatic nitrogens is 3. The van der Waals surface area contributed by atoms with Crippen LogP contribution in [0.4, 0.5) is 5.69 Å². The van der Waals surface area contributed by atoms with Gasteiger partial charge < -0.3 is 10.2 Å². The van der Waals surface area contributed by atoms with E-state index in [1.807, 2.05) is 13.0 Å². The average molecular weight is 236 g/mol. The molecule has 0 saturated heterocycles. The number of rotatable bonds is 4. The predicted octanol–water partition coefficient (Wildman–Crippen LogP) is 1.90. The summed E-state index contributed by atoms with van der Waals surface area (Å²) in [6.45, 7) is 1.97. The lowest BCUT2D eigenvalue weighted by Gasteiger charge is -2.00. The van der Waals surface area contributed by atoms with Crippen LogP contribution in [0.3, 0.4) is 0 Å². The van der Waals surface area contributed by atoms with Crippen molar-refractivity contribution in [3.8, 4) is 0 Å². The van der Waals surface area contributed by atoms with E-state index in [-0.39, 0.29) is 0 Å². The van der Waals surface area contributed by atoms with E-state index in [1.165, 1.54) is 11.8 Å². The minimum Gasteiger partial charge on any atom is -0.424 e. The van der Waals surface area contributed by atoms with Gasteiger partial charge in [-0.3, -0.25) is 0 Å². The van der Waals surface area contributed by atoms with Crippen molar-refractivity contribution in [2.45, 2.75) is 24.1 Å². The molecule has 0 fully saturated rings. The fourth-order valence-corrected chi connectivity index (χ4v) is 1.89. The van der Waals surface area contributed by atoms with E-state index in [4.69, 9.17) is 10.2 Å². The van der Waals surface area contributed by atoms with Crippen LogP contribution in [0.5, 0.6) is 0 Å². The molecule has 0 radical (unpaired) electrons. The topological polar surface area (TPSA) is 77.8 Å². The lowest BCUT2D eigenvalue weighted by atomic mass is 10.4. The number of nitrogens with two attached hydrogens (primary N) is 1. The second-order valence-electron chi connectivity index (χ2n) is 3.13. The van der Waals surface area contributed by atoms with E-state index >= 15 is 0 Å². The van der Waals surface area contributed by atoms with Gasteiger partial charge in [0, 0.05) is 12.6 Å². The fraction of sp³-hybridized carbons (Fsp3) is 0.300. The van der Waals surface area contributed by atoms with Crippen molar-refractivity contribution in [2.75, 3.05) is 5.73 Å². The summed E-state index contributed by atoms with van der Waals surface area (Å²) in [7, 11) is 0. The van der Waals surface area contributed by atoms with Gasteiger partial charge in [-0.1, -0.05) is 18.7 Å². The predicted molar refractivity (Wildman–Crippen MR) is 61.9 cm³/mol. The van der Waals surface area contributed by atoms with E-state index in [2.05, 4.69) is 15.2 Å². The number of anilines is 1. The van der Waals surface area contributed by atoms with E-state index in [0.717, 1.165) is 11.4 Å². The Hall–Kier alpha value is -1.56. The molecule has 0 saturated carbocycles. The highest BCUT2D eigenvalue weighted by atomic mass is 32.2. The lowest BCUT2D eigenvalue weighted by molar-refractivity contribution is 0.470. The van der Waals surface area contributed by atoms with E-state index in [1.54, 1.807) is 12.3 Å². The smallest absolute Gasteiger partial charge is 0.226 e. The molecule has 0 atom stereocenters. The third-order valence-electron chi connectivity index (χ3n) is 1.94. The molecule has 2 rings (SSSR count). The summed E-state index contributed by atoms with van der Waals surface area (Å²) in [5.74, 6) is 1.85. The molecule has 2 aromatic rings. The molecule has 2 aromatic heterocycles. The Balaban J connectivity index is 1.99. The second kappa shape index (κ2) is 4.98. The van der Waals surface area contributed by atoms with Gasteiger partial charge in [-0.15, -0.1) is 10.2 Å². The third kappa shape index (κ3) is 2.52. The molecule has 0 aliphatic heterocycles. The van der Waals surface area contributed by atoms with Crippen molar-refractivity contribution in [3.63, 3.8) is 0 Å². The van der Waals surface area contributed by atoms with E-state index in [0.29, 0.717) is 23.2 Å². The number of hydrogen-bond acceptors (Lipinski definition) is 6. The standard InChI is InChI=1S/C10H12N4OS/c1-2-8-13-14-9(15-8)6-16-10-7(11)4-3-5-12-10/h3-5H,2,6,11H2,1H3. The van der Waals surface area contributed by atoms with Gasteiger partial charge in [-0.2, -0.15) is 0 Å². The zero-order valence-corrected chi connectivity index (χ0v) is 9.70. The van der Waals surface area contributed by atoms with Crippen LogP contribution in [0.25, 0.3) is 0 Å². The van der Waals surface area contributed by atoms with Crippen molar-refractivity contribution < 1.29 is 4.42 Å². The van der Waals surface area contributed by atoms with Crippen LogP contribution in [0.15, 0.2) is 27.8 Å². The summed E-state index contributed by atoms with van der Waals surface area (Å²) in [4.78, 5) is 4.17. The van der Waals surface area contributed by atoms with Crippen LogP contribution in [0.2, 0.25) is 0 Å². The van der Waals surface area contributed by atoms with Crippen molar-refractivity contribution in [3.05, 3.63) is 30.1 Å². The maximum absolute atomic E-state index is 5.77. The summed E-state index contributed by atoms with van der Waals surface area (Å²) in [5.41, 5.74) is 6.44. The maximum Gasteiger partial charge on any atom is 0.226 e. The minimum absolute atomic E-state index is 0.591. The van der Waals surface area contributed by atoms with E-state index in [9.17, 15) is 0 Å². The second-order valence-corrected chi connectivity index (χ2v) is 4.09. The molecule has 0 amide bonds. The molecule has 0 aliphatic carbocycles. The number of hydrogen-bond donors (Lipinski definition) is 1. The molecule has 0 bridgehead atoms. The van der Waals surface area contributed by atoms with Crippen molar-refractivity contribution in [1.82, 2.24) is 15.2 Å². The van der Waals surface area contributed by atoms with Gasteiger partial charge in [0.15, 0.2) is 0 Å². The van der Waals surface area contributed by atoms with Crippen LogP contribution in [-0.4, -0.2) is 15.2 Å². The number of nitrogen functional groups attached to an aromatic ring is 1. The fourth-order valence-electron chi connectivity index (χ4n) is 1.14. The molecule has 2 heterocycles. The summed E-state index contributed by atoms with van der Waals surface area (Å²) >= 11 is 1.49. The first-order valence-corrected chi connectivity index (χ1v) is 5.92. The minimum atomic E-state index is 0.591. The first-order chi connectivity index (χ1) is 7.79. The van der Waals surface area contributed by atoms with Crippen LogP contribution in [0, 0.1) is 0 Å². The molecule has 0 aromatic carbocycles. The van der Waals surface area contributed by atoms with Gasteiger partial charge in [0.25, 0.3) is 0 Å². The SMILES string of the molecule is CCc1nnc(CSc2ncccc2N)o1. The third-order valence-corrected chi connectivity index (χ3v) is 2.95. The van der Waals surface area contributed by atoms with Crippen LogP contribution in [0.1, 0.15) is 18.7 Å². The molecule has 84 valence electrons. The molecule has 0 aliphatic rings. The molecule has 2 N–H and O–H groups in total. The Labute approximate surface area is 97.5 Å². The van der Waals surface area contributed by atoms with Crippen molar-refractivity contribution >= 4 is 17.4 Å². The highest BCUT2D eigenvalue weighted by molar-refractivity contribution is 7.98. The Kier molecular flexibility index (Phi) is 3.40. The Morgan fingerprint density at radius 2 is 2.19 bits per heavy atom. The Bertz CT molecular complexity index is 471. The Morgan fingerprint density at radius 3 is 2.88 bits per heavy atom. The van der Waals surface area contributed by atoms with Crippen molar-refractivity contribution in [2.24, 2.45) is 0 Å². The number of pyridine rings is 1. The molecule has 0 spiro atoms. The molecule has 16 heavy (non-hydrogen) atoms. The maximum atomic E-state index is 5.77. The first kappa shape index (κ1) is 10.9. The number of nitrogens with zero attached hydrogens (tertiary/aromatic N) is 3. The van der Waals surface area contributed by atoms with Gasteiger partial charge in [0.2, 0.25) is 11.8 Å². The van der Waals surface area contributed by atoms with Gasteiger partial charge in [-0.25, -0.2) is 4.98 Å². The van der Waals surface area contributed by atoms with Crippen LogP contribution >= 0.6 is 11.8 Å². The molecular weight excluding hydrogens is 224 g/mol. The Morgan fingerprint density at radius 1 is 1.38 bits per heavy atom. The highest BCUT2D eigenvalue weighted by Gasteiger charge is 2.06. The normalized spacial score (nSPS) is 10.6. The van der Waals surface area contributed by atoms with E-state index < -0.39 is 0 Å². The van der Waals surface area contributed by atoms with Crippen molar-refractivity contribution in [1.29, 1.82) is 0 Å². The first-order valence-electron chi connectivity index (χ1n) is 4.94. The van der Waals surface area contributed by atoms with Crippen LogP contribution in [-0.2, 0) is 12.2 Å². The van der Waals surface area contributed by atoms with Gasteiger partial charge in [0.05, 0.1) is 11.4 Å². The summed E-state index contributed by atoms with van der Waals surface area (Å²) < 4.78 is 5.38. The summed E-state index contributed by atoms with van der Waals surface area (Å²) in [6, 6.07) is 3.63. The molecule has 5 nitrogen and oxygen atoms in total. The largest absolute Gasteiger partial charge is 0.424 e. The zero-order valence-electron chi connectivity index (χ0n) is 8.88. The number of aryl methyl sites for hydroxylation is 1. The highest BCUT2D eigenvalue weighted by Crippen LogP contribution is 2.24. The quantitative estimate of drug-likeness (QED) is 0.817. The summed E-state index contributed by atoms with van der Waals surface area (Å²) in [5, 5.41) is 8.60. The van der Waals surface area contributed by atoms with Crippen LogP contribution < -0.4 is 5.73 Å². The molecule has 6 heteroatoms. The number of thioether (sulfide) groups is 1. The monoisotopic (exact) mass is 236 g/mol.